The lowest BCUT2D eigenvalue weighted by Gasteiger charge is -2.11. The normalized spacial score (nSPS) is 12.7. The number of rotatable bonds is 3. The molecule has 0 aliphatic heterocycles. The van der Waals surface area contributed by atoms with Crippen LogP contribution in [0.4, 0.5) is 0 Å². The molecule has 1 heterocycles. The van der Waals surface area contributed by atoms with Gasteiger partial charge in [-0.25, -0.2) is 4.98 Å². The topological polar surface area (TPSA) is 33.1 Å². The molecule has 4 heteroatoms. The molecule has 17 heavy (non-hydrogen) atoms. The highest BCUT2D eigenvalue weighted by Gasteiger charge is 2.14. The Bertz CT molecular complexity index is 524. The molecule has 0 aliphatic rings. The minimum Gasteiger partial charge on any atom is -0.388 e. The predicted octanol–water partition coefficient (Wildman–Crippen LogP) is 3.69. The summed E-state index contributed by atoms with van der Waals surface area (Å²) in [6, 6.07) is 5.70. The van der Waals surface area contributed by atoms with Crippen LogP contribution in [0, 0.1) is 13.8 Å². The molecule has 1 unspecified atom stereocenters. The molecule has 2 nitrogen and oxygen atoms in total. The van der Waals surface area contributed by atoms with Crippen LogP contribution in [0.5, 0.6) is 0 Å². The Morgan fingerprint density at radius 2 is 2.18 bits per heavy atom. The Morgan fingerprint density at radius 1 is 1.41 bits per heavy atom. The van der Waals surface area contributed by atoms with Crippen LogP contribution in [0.2, 0.25) is 5.02 Å². The standard InChI is InChI=1S/C13H14ClNOS/c1-8-3-4-10(11(14)5-8)12(16)6-13-15-9(2)7-17-13/h3-5,7,12,16H,6H2,1-2H3. The first-order valence-corrected chi connectivity index (χ1v) is 6.67. The lowest BCUT2D eigenvalue weighted by atomic mass is 10.1. The monoisotopic (exact) mass is 267 g/mol. The summed E-state index contributed by atoms with van der Waals surface area (Å²) in [5.41, 5.74) is 2.85. The molecule has 1 aromatic carbocycles. The zero-order chi connectivity index (χ0) is 12.4. The van der Waals surface area contributed by atoms with E-state index in [0.29, 0.717) is 11.4 Å². The number of aliphatic hydroxyl groups excluding tert-OH is 1. The van der Waals surface area contributed by atoms with E-state index in [2.05, 4.69) is 4.98 Å². The Balaban J connectivity index is 2.17. The van der Waals surface area contributed by atoms with Gasteiger partial charge in [0.2, 0.25) is 0 Å². The van der Waals surface area contributed by atoms with Crippen molar-refractivity contribution >= 4 is 22.9 Å². The zero-order valence-electron chi connectivity index (χ0n) is 9.77. The third kappa shape index (κ3) is 3.06. The Labute approximate surface area is 110 Å². The average molecular weight is 268 g/mol. The fourth-order valence-electron chi connectivity index (χ4n) is 1.67. The van der Waals surface area contributed by atoms with E-state index in [0.717, 1.165) is 21.8 Å². The van der Waals surface area contributed by atoms with E-state index >= 15 is 0 Å². The van der Waals surface area contributed by atoms with Crippen LogP contribution in [0.3, 0.4) is 0 Å². The summed E-state index contributed by atoms with van der Waals surface area (Å²) in [5, 5.41) is 13.7. The summed E-state index contributed by atoms with van der Waals surface area (Å²) < 4.78 is 0. The van der Waals surface area contributed by atoms with Crippen molar-refractivity contribution in [3.05, 3.63) is 50.4 Å². The molecule has 0 saturated carbocycles. The maximum absolute atomic E-state index is 10.1. The number of nitrogens with zero attached hydrogens (tertiary/aromatic N) is 1. The summed E-state index contributed by atoms with van der Waals surface area (Å²) in [7, 11) is 0. The second-order valence-corrected chi connectivity index (χ2v) is 5.48. The fraction of sp³-hybridized carbons (Fsp3) is 0.308. The summed E-state index contributed by atoms with van der Waals surface area (Å²) in [6.45, 7) is 3.93. The average Bonchev–Trinajstić information content (AvgIpc) is 2.63. The number of hydrogen-bond acceptors (Lipinski definition) is 3. The van der Waals surface area contributed by atoms with Gasteiger partial charge in [-0.05, 0) is 31.0 Å². The third-order valence-corrected chi connectivity index (χ3v) is 3.87. The molecular formula is C13H14ClNOS. The summed E-state index contributed by atoms with van der Waals surface area (Å²) in [4.78, 5) is 4.34. The largest absolute Gasteiger partial charge is 0.388 e. The summed E-state index contributed by atoms with van der Waals surface area (Å²) >= 11 is 7.69. The van der Waals surface area contributed by atoms with Crippen molar-refractivity contribution in [1.29, 1.82) is 0 Å². The van der Waals surface area contributed by atoms with Gasteiger partial charge in [-0.3, -0.25) is 0 Å². The van der Waals surface area contributed by atoms with E-state index < -0.39 is 6.10 Å². The van der Waals surface area contributed by atoms with Crippen molar-refractivity contribution in [2.75, 3.05) is 0 Å². The van der Waals surface area contributed by atoms with Crippen LogP contribution < -0.4 is 0 Å². The van der Waals surface area contributed by atoms with Gasteiger partial charge in [0.25, 0.3) is 0 Å². The quantitative estimate of drug-likeness (QED) is 0.920. The smallest absolute Gasteiger partial charge is 0.0957 e. The van der Waals surface area contributed by atoms with E-state index in [9.17, 15) is 5.11 Å². The highest BCUT2D eigenvalue weighted by Crippen LogP contribution is 2.27. The minimum atomic E-state index is -0.589. The molecule has 2 aromatic rings. The Hall–Kier alpha value is -0.900. The third-order valence-electron chi connectivity index (χ3n) is 2.55. The molecule has 1 aromatic heterocycles. The lowest BCUT2D eigenvalue weighted by Crippen LogP contribution is -2.02. The zero-order valence-corrected chi connectivity index (χ0v) is 11.3. The van der Waals surface area contributed by atoms with E-state index in [1.165, 1.54) is 0 Å². The maximum Gasteiger partial charge on any atom is 0.0957 e. The number of aliphatic hydroxyl groups is 1. The number of hydrogen-bond donors (Lipinski definition) is 1. The molecule has 0 bridgehead atoms. The van der Waals surface area contributed by atoms with Crippen LogP contribution >= 0.6 is 22.9 Å². The Morgan fingerprint density at radius 3 is 2.76 bits per heavy atom. The van der Waals surface area contributed by atoms with Gasteiger partial charge in [0.15, 0.2) is 0 Å². The van der Waals surface area contributed by atoms with Crippen molar-refractivity contribution in [3.8, 4) is 0 Å². The van der Waals surface area contributed by atoms with Crippen LogP contribution in [0.25, 0.3) is 0 Å². The second-order valence-electron chi connectivity index (χ2n) is 4.13. The van der Waals surface area contributed by atoms with Crippen molar-refractivity contribution < 1.29 is 5.11 Å². The Kier molecular flexibility index (Phi) is 3.82. The molecule has 0 amide bonds. The molecule has 90 valence electrons. The van der Waals surface area contributed by atoms with Gasteiger partial charge >= 0.3 is 0 Å². The van der Waals surface area contributed by atoms with Crippen molar-refractivity contribution in [1.82, 2.24) is 4.98 Å². The lowest BCUT2D eigenvalue weighted by molar-refractivity contribution is 0.178. The first-order chi connectivity index (χ1) is 8.06. The molecule has 2 rings (SSSR count). The van der Waals surface area contributed by atoms with Gasteiger partial charge in [-0.15, -0.1) is 11.3 Å². The second kappa shape index (κ2) is 5.17. The van der Waals surface area contributed by atoms with E-state index in [1.54, 1.807) is 11.3 Å². The van der Waals surface area contributed by atoms with Gasteiger partial charge < -0.3 is 5.11 Å². The van der Waals surface area contributed by atoms with Crippen molar-refractivity contribution in [2.45, 2.75) is 26.4 Å². The number of halogens is 1. The van der Waals surface area contributed by atoms with Gasteiger partial charge in [0.05, 0.1) is 11.1 Å². The van der Waals surface area contributed by atoms with Crippen LogP contribution in [-0.4, -0.2) is 10.1 Å². The van der Waals surface area contributed by atoms with Gasteiger partial charge in [0, 0.05) is 22.5 Å². The van der Waals surface area contributed by atoms with E-state index in [4.69, 9.17) is 11.6 Å². The number of benzene rings is 1. The van der Waals surface area contributed by atoms with Gasteiger partial charge in [-0.1, -0.05) is 23.7 Å². The molecule has 0 aliphatic carbocycles. The number of aromatic nitrogens is 1. The maximum atomic E-state index is 10.1. The molecule has 1 atom stereocenters. The molecule has 0 fully saturated rings. The SMILES string of the molecule is Cc1ccc(C(O)Cc2nc(C)cs2)c(Cl)c1. The number of aryl methyl sites for hydroxylation is 2. The van der Waals surface area contributed by atoms with Crippen LogP contribution in [0.1, 0.15) is 27.9 Å². The molecule has 1 N–H and O–H groups in total. The first-order valence-electron chi connectivity index (χ1n) is 5.41. The van der Waals surface area contributed by atoms with Gasteiger partial charge in [-0.2, -0.15) is 0 Å². The molecular weight excluding hydrogens is 254 g/mol. The van der Waals surface area contributed by atoms with Crippen molar-refractivity contribution in [2.24, 2.45) is 0 Å². The summed E-state index contributed by atoms with van der Waals surface area (Å²) in [6.07, 6.45) is -0.0740. The van der Waals surface area contributed by atoms with E-state index in [-0.39, 0.29) is 0 Å². The van der Waals surface area contributed by atoms with Crippen LogP contribution in [0.15, 0.2) is 23.6 Å². The van der Waals surface area contributed by atoms with Gasteiger partial charge in [0.1, 0.15) is 0 Å². The highest BCUT2D eigenvalue weighted by atomic mass is 35.5. The highest BCUT2D eigenvalue weighted by molar-refractivity contribution is 7.09. The predicted molar refractivity (Wildman–Crippen MR) is 71.7 cm³/mol. The fourth-order valence-corrected chi connectivity index (χ4v) is 2.85. The summed E-state index contributed by atoms with van der Waals surface area (Å²) in [5.74, 6) is 0. The molecule has 0 radical (unpaired) electrons. The molecule has 0 saturated heterocycles. The molecule has 0 spiro atoms. The van der Waals surface area contributed by atoms with Crippen LogP contribution in [-0.2, 0) is 6.42 Å². The van der Waals surface area contributed by atoms with E-state index in [1.807, 2.05) is 37.4 Å². The number of thiazole rings is 1. The first kappa shape index (κ1) is 12.6. The van der Waals surface area contributed by atoms with Crippen molar-refractivity contribution in [3.63, 3.8) is 0 Å². The minimum absolute atomic E-state index is 0.515.